The van der Waals surface area contributed by atoms with Gasteiger partial charge in [-0.25, -0.2) is 0 Å². The lowest BCUT2D eigenvalue weighted by Gasteiger charge is -2.15. The smallest absolute Gasteiger partial charge is 0.319 e. The molecule has 8 heteroatoms. The third-order valence-electron chi connectivity index (χ3n) is 4.04. The first-order chi connectivity index (χ1) is 12.2. The lowest BCUT2D eigenvalue weighted by molar-refractivity contribution is -0.142. The molecule has 1 aromatic carbocycles. The molecule has 0 saturated carbocycles. The van der Waals surface area contributed by atoms with Gasteiger partial charge in [-0.2, -0.15) is 0 Å². The second kappa shape index (κ2) is 7.77. The van der Waals surface area contributed by atoms with E-state index in [4.69, 9.17) is 9.47 Å². The molecule has 0 radical (unpaired) electrons. The summed E-state index contributed by atoms with van der Waals surface area (Å²) in [6.45, 7) is 5.78. The number of ether oxygens (including phenoxy) is 2. The number of hydrogen-bond acceptors (Lipinski definition) is 7. The Morgan fingerprint density at radius 2 is 2.00 bits per heavy atom. The number of carbonyl (C=O) groups is 1. The number of anilines is 2. The van der Waals surface area contributed by atoms with Crippen LogP contribution in [0.3, 0.4) is 0 Å². The van der Waals surface area contributed by atoms with E-state index < -0.39 is 0 Å². The van der Waals surface area contributed by atoms with E-state index in [0.717, 1.165) is 35.6 Å². The number of thioether (sulfide) groups is 1. The van der Waals surface area contributed by atoms with Crippen LogP contribution >= 0.6 is 11.8 Å². The predicted molar refractivity (Wildman–Crippen MR) is 96.6 cm³/mol. The Hall–Kier alpha value is -2.22. The highest BCUT2D eigenvalue weighted by Gasteiger charge is 2.29. The number of rotatable bonds is 7. The summed E-state index contributed by atoms with van der Waals surface area (Å²) >= 11 is 1.42. The zero-order chi connectivity index (χ0) is 17.8. The second-order valence-corrected chi connectivity index (χ2v) is 6.72. The average Bonchev–Trinajstić information content (AvgIpc) is 3.22. The summed E-state index contributed by atoms with van der Waals surface area (Å²) in [6, 6.07) is 7.86. The minimum absolute atomic E-state index is 0.197. The largest absolute Gasteiger partial charge is 0.497 e. The third kappa shape index (κ3) is 3.58. The van der Waals surface area contributed by atoms with E-state index in [2.05, 4.69) is 19.7 Å². The van der Waals surface area contributed by atoms with Crippen molar-refractivity contribution in [1.29, 1.82) is 0 Å². The maximum Gasteiger partial charge on any atom is 0.319 e. The molecule has 3 rings (SSSR count). The molecule has 0 spiro atoms. The maximum atomic E-state index is 12.0. The molecule has 134 valence electrons. The number of hydrogen-bond donors (Lipinski definition) is 0. The van der Waals surface area contributed by atoms with E-state index in [9.17, 15) is 4.79 Å². The molecule has 2 aromatic rings. The van der Waals surface area contributed by atoms with Crippen molar-refractivity contribution in [3.8, 4) is 5.75 Å². The first kappa shape index (κ1) is 17.6. The van der Waals surface area contributed by atoms with Crippen LogP contribution in [0.4, 0.5) is 11.6 Å². The molecular weight excluding hydrogens is 340 g/mol. The van der Waals surface area contributed by atoms with Gasteiger partial charge in [0.25, 0.3) is 0 Å². The standard InChI is InChI=1S/C17H22N4O3S/c1-4-14(15(22)24-5-2)25-17-19-18-16-20(10-11-21(16)17)12-6-8-13(23-3)9-7-12/h6-9,14H,4-5,10-11H2,1-3H3/t14-/m0/s1. The topological polar surface area (TPSA) is 69.5 Å². The SMILES string of the molecule is CCOC(=O)[C@H](CC)Sc1nnc2n1CCN2c1ccc(OC)cc1. The molecule has 0 saturated heterocycles. The Bertz CT molecular complexity index is 732. The number of benzene rings is 1. The summed E-state index contributed by atoms with van der Waals surface area (Å²) in [5.41, 5.74) is 1.04. The van der Waals surface area contributed by atoms with Crippen LogP contribution in [0.2, 0.25) is 0 Å². The van der Waals surface area contributed by atoms with Gasteiger partial charge in [0.2, 0.25) is 5.95 Å². The maximum absolute atomic E-state index is 12.0. The molecule has 0 fully saturated rings. The van der Waals surface area contributed by atoms with E-state index in [0.29, 0.717) is 13.0 Å². The molecule has 2 heterocycles. The van der Waals surface area contributed by atoms with Crippen LogP contribution in [0.15, 0.2) is 29.4 Å². The third-order valence-corrected chi connectivity index (χ3v) is 5.36. The fourth-order valence-corrected chi connectivity index (χ4v) is 3.70. The lowest BCUT2D eigenvalue weighted by Crippen LogP contribution is -2.20. The number of nitrogens with zero attached hydrogens (tertiary/aromatic N) is 4. The molecule has 1 aliphatic heterocycles. The first-order valence-corrected chi connectivity index (χ1v) is 9.24. The Morgan fingerprint density at radius 3 is 2.64 bits per heavy atom. The van der Waals surface area contributed by atoms with E-state index in [1.165, 1.54) is 11.8 Å². The fourth-order valence-electron chi connectivity index (χ4n) is 2.73. The summed E-state index contributed by atoms with van der Waals surface area (Å²) < 4.78 is 12.4. The van der Waals surface area contributed by atoms with Crippen molar-refractivity contribution in [3.63, 3.8) is 0 Å². The van der Waals surface area contributed by atoms with E-state index in [1.807, 2.05) is 38.1 Å². The number of esters is 1. The van der Waals surface area contributed by atoms with E-state index >= 15 is 0 Å². The van der Waals surface area contributed by atoms with Gasteiger partial charge < -0.3 is 14.4 Å². The van der Waals surface area contributed by atoms with Crippen molar-refractivity contribution in [2.24, 2.45) is 0 Å². The molecule has 1 atom stereocenters. The Morgan fingerprint density at radius 1 is 1.24 bits per heavy atom. The fraction of sp³-hybridized carbons (Fsp3) is 0.471. The van der Waals surface area contributed by atoms with Crippen LogP contribution < -0.4 is 9.64 Å². The highest BCUT2D eigenvalue weighted by molar-refractivity contribution is 8.00. The van der Waals surface area contributed by atoms with E-state index in [-0.39, 0.29) is 11.2 Å². The molecule has 0 bridgehead atoms. The number of aromatic nitrogens is 3. The number of fused-ring (bicyclic) bond motifs is 1. The minimum atomic E-state index is -0.261. The zero-order valence-corrected chi connectivity index (χ0v) is 15.5. The van der Waals surface area contributed by atoms with Crippen molar-refractivity contribution in [2.45, 2.75) is 37.2 Å². The van der Waals surface area contributed by atoms with Gasteiger partial charge in [0.1, 0.15) is 11.0 Å². The van der Waals surface area contributed by atoms with Gasteiger partial charge in [-0.3, -0.25) is 9.36 Å². The van der Waals surface area contributed by atoms with Gasteiger partial charge in [0.15, 0.2) is 5.16 Å². The number of carbonyl (C=O) groups excluding carboxylic acids is 1. The predicted octanol–water partition coefficient (Wildman–Crippen LogP) is 2.87. The van der Waals surface area contributed by atoms with Crippen LogP contribution in [0.25, 0.3) is 0 Å². The van der Waals surface area contributed by atoms with Crippen LogP contribution in [-0.4, -0.2) is 46.2 Å². The Balaban J connectivity index is 1.77. The van der Waals surface area contributed by atoms with Crippen molar-refractivity contribution in [1.82, 2.24) is 14.8 Å². The molecule has 25 heavy (non-hydrogen) atoms. The van der Waals surface area contributed by atoms with Gasteiger partial charge in [0.05, 0.1) is 13.7 Å². The van der Waals surface area contributed by atoms with Crippen molar-refractivity contribution >= 4 is 29.4 Å². The zero-order valence-electron chi connectivity index (χ0n) is 14.6. The van der Waals surface area contributed by atoms with Crippen LogP contribution in [0.1, 0.15) is 20.3 Å². The molecule has 0 aliphatic carbocycles. The minimum Gasteiger partial charge on any atom is -0.497 e. The molecule has 0 amide bonds. The molecular formula is C17H22N4O3S. The lowest BCUT2D eigenvalue weighted by atomic mass is 10.3. The van der Waals surface area contributed by atoms with Crippen LogP contribution in [-0.2, 0) is 16.1 Å². The van der Waals surface area contributed by atoms with Crippen LogP contribution in [0, 0.1) is 0 Å². The molecule has 0 unspecified atom stereocenters. The highest BCUT2D eigenvalue weighted by Crippen LogP contribution is 2.34. The van der Waals surface area contributed by atoms with Crippen LogP contribution in [0.5, 0.6) is 5.75 Å². The van der Waals surface area contributed by atoms with Gasteiger partial charge in [-0.15, -0.1) is 10.2 Å². The molecule has 1 aliphatic rings. The molecule has 1 aromatic heterocycles. The summed E-state index contributed by atoms with van der Waals surface area (Å²) in [7, 11) is 1.65. The van der Waals surface area contributed by atoms with Gasteiger partial charge in [0, 0.05) is 18.8 Å². The van der Waals surface area contributed by atoms with Crippen molar-refractivity contribution in [2.75, 3.05) is 25.2 Å². The Labute approximate surface area is 151 Å². The average molecular weight is 362 g/mol. The summed E-state index contributed by atoms with van der Waals surface area (Å²) in [6.07, 6.45) is 0.688. The second-order valence-electron chi connectivity index (χ2n) is 5.55. The summed E-state index contributed by atoms with van der Waals surface area (Å²) in [5, 5.41) is 9.10. The van der Waals surface area contributed by atoms with Gasteiger partial charge in [-0.05, 0) is 37.6 Å². The Kier molecular flexibility index (Phi) is 5.47. The normalized spacial score (nSPS) is 14.3. The van der Waals surface area contributed by atoms with Crippen molar-refractivity contribution < 1.29 is 14.3 Å². The van der Waals surface area contributed by atoms with Gasteiger partial charge >= 0.3 is 5.97 Å². The summed E-state index contributed by atoms with van der Waals surface area (Å²) in [4.78, 5) is 14.1. The quantitative estimate of drug-likeness (QED) is 0.554. The first-order valence-electron chi connectivity index (χ1n) is 8.36. The summed E-state index contributed by atoms with van der Waals surface area (Å²) in [5.74, 6) is 1.42. The monoisotopic (exact) mass is 362 g/mol. The van der Waals surface area contributed by atoms with Gasteiger partial charge in [-0.1, -0.05) is 18.7 Å². The van der Waals surface area contributed by atoms with E-state index in [1.54, 1.807) is 7.11 Å². The molecule has 0 N–H and O–H groups in total. The molecule has 7 nitrogen and oxygen atoms in total. The van der Waals surface area contributed by atoms with Crippen molar-refractivity contribution in [3.05, 3.63) is 24.3 Å². The highest BCUT2D eigenvalue weighted by atomic mass is 32.2. The number of methoxy groups -OCH3 is 1.